The van der Waals surface area contributed by atoms with Gasteiger partial charge in [-0.05, 0) is 43.4 Å². The molecule has 1 amide bonds. The number of amides is 1. The molecule has 1 aliphatic carbocycles. The SMILES string of the molecule is CCc1ccc(S(=O)(=O)N=C2S[C@H](CC)C(=O)N2C2CCCCC2)cc1. The van der Waals surface area contributed by atoms with Crippen molar-refractivity contribution in [1.82, 2.24) is 4.90 Å². The van der Waals surface area contributed by atoms with Crippen LogP contribution in [-0.2, 0) is 21.2 Å². The number of amidine groups is 1. The highest BCUT2D eigenvalue weighted by atomic mass is 32.2. The summed E-state index contributed by atoms with van der Waals surface area (Å²) in [5.74, 6) is 0.0136. The van der Waals surface area contributed by atoms with E-state index in [1.807, 2.05) is 26.0 Å². The minimum absolute atomic E-state index is 0.0136. The topological polar surface area (TPSA) is 66.8 Å². The van der Waals surface area contributed by atoms with E-state index >= 15 is 0 Å². The van der Waals surface area contributed by atoms with E-state index in [0.717, 1.165) is 37.7 Å². The maximum atomic E-state index is 12.8. The molecule has 1 aliphatic heterocycles. The summed E-state index contributed by atoms with van der Waals surface area (Å²) in [5.41, 5.74) is 1.08. The monoisotopic (exact) mass is 394 g/mol. The van der Waals surface area contributed by atoms with Crippen molar-refractivity contribution in [3.05, 3.63) is 29.8 Å². The van der Waals surface area contributed by atoms with Crippen LogP contribution in [0.4, 0.5) is 0 Å². The van der Waals surface area contributed by atoms with Gasteiger partial charge in [-0.25, -0.2) is 0 Å². The Kier molecular flexibility index (Phi) is 6.07. The van der Waals surface area contributed by atoms with Gasteiger partial charge in [-0.3, -0.25) is 9.69 Å². The molecule has 1 atom stereocenters. The summed E-state index contributed by atoms with van der Waals surface area (Å²) in [6.07, 6.45) is 6.71. The number of carbonyl (C=O) groups is 1. The summed E-state index contributed by atoms with van der Waals surface area (Å²) in [7, 11) is -3.82. The van der Waals surface area contributed by atoms with Gasteiger partial charge in [0.05, 0.1) is 10.1 Å². The second-order valence-electron chi connectivity index (χ2n) is 6.86. The molecule has 26 heavy (non-hydrogen) atoms. The molecule has 1 saturated heterocycles. The van der Waals surface area contributed by atoms with E-state index in [2.05, 4.69) is 4.40 Å². The average Bonchev–Trinajstić information content (AvgIpc) is 2.97. The molecule has 5 nitrogen and oxygen atoms in total. The number of nitrogens with zero attached hydrogens (tertiary/aromatic N) is 2. The van der Waals surface area contributed by atoms with Gasteiger partial charge < -0.3 is 0 Å². The first kappa shape index (κ1) is 19.4. The molecule has 2 fully saturated rings. The number of aryl methyl sites for hydroxylation is 1. The summed E-state index contributed by atoms with van der Waals surface area (Å²) in [5, 5.41) is 0.127. The number of carbonyl (C=O) groups excluding carboxylic acids is 1. The highest BCUT2D eigenvalue weighted by molar-refractivity contribution is 8.16. The van der Waals surface area contributed by atoms with Crippen molar-refractivity contribution in [2.24, 2.45) is 4.40 Å². The molecular weight excluding hydrogens is 368 g/mol. The fourth-order valence-corrected chi connectivity index (χ4v) is 5.87. The van der Waals surface area contributed by atoms with E-state index in [4.69, 9.17) is 0 Å². The highest BCUT2D eigenvalue weighted by Gasteiger charge is 2.42. The second-order valence-corrected chi connectivity index (χ2v) is 9.64. The van der Waals surface area contributed by atoms with Crippen LogP contribution in [0.5, 0.6) is 0 Å². The van der Waals surface area contributed by atoms with Crippen molar-refractivity contribution >= 4 is 32.9 Å². The third-order valence-electron chi connectivity index (χ3n) is 5.10. The maximum Gasteiger partial charge on any atom is 0.284 e. The first-order valence-electron chi connectivity index (χ1n) is 9.40. The van der Waals surface area contributed by atoms with Crippen molar-refractivity contribution in [1.29, 1.82) is 0 Å². The van der Waals surface area contributed by atoms with Crippen LogP contribution in [0.3, 0.4) is 0 Å². The third-order valence-corrected chi connectivity index (χ3v) is 7.82. The fraction of sp³-hybridized carbons (Fsp3) is 0.579. The average molecular weight is 395 g/mol. The maximum absolute atomic E-state index is 12.8. The van der Waals surface area contributed by atoms with Crippen LogP contribution < -0.4 is 0 Å². The van der Waals surface area contributed by atoms with Gasteiger partial charge in [0.2, 0.25) is 5.91 Å². The molecule has 3 rings (SSSR count). The highest BCUT2D eigenvalue weighted by Crippen LogP contribution is 2.36. The Hall–Kier alpha value is -1.34. The van der Waals surface area contributed by atoms with E-state index in [1.165, 1.54) is 18.2 Å². The zero-order chi connectivity index (χ0) is 18.7. The lowest BCUT2D eigenvalue weighted by Gasteiger charge is -2.30. The molecule has 1 saturated carbocycles. The van der Waals surface area contributed by atoms with Gasteiger partial charge in [-0.2, -0.15) is 8.42 Å². The van der Waals surface area contributed by atoms with E-state index in [0.29, 0.717) is 11.6 Å². The molecule has 2 aliphatic rings. The van der Waals surface area contributed by atoms with Crippen molar-refractivity contribution in [2.45, 2.75) is 75.0 Å². The third kappa shape index (κ3) is 3.98. The molecule has 7 heteroatoms. The first-order chi connectivity index (χ1) is 12.5. The zero-order valence-electron chi connectivity index (χ0n) is 15.3. The Balaban J connectivity index is 1.93. The van der Waals surface area contributed by atoms with Gasteiger partial charge in [0.25, 0.3) is 10.0 Å². The fourth-order valence-electron chi connectivity index (χ4n) is 3.54. The number of hydrogen-bond donors (Lipinski definition) is 0. The van der Waals surface area contributed by atoms with Gasteiger partial charge in [0.15, 0.2) is 5.17 Å². The van der Waals surface area contributed by atoms with Crippen LogP contribution in [0.25, 0.3) is 0 Å². The minimum atomic E-state index is -3.82. The summed E-state index contributed by atoms with van der Waals surface area (Å²) in [6.45, 7) is 3.98. The van der Waals surface area contributed by atoms with E-state index in [1.54, 1.807) is 17.0 Å². The number of rotatable bonds is 5. The first-order valence-corrected chi connectivity index (χ1v) is 11.7. The molecular formula is C19H26N2O3S2. The summed E-state index contributed by atoms with van der Waals surface area (Å²) in [4.78, 5) is 14.6. The van der Waals surface area contributed by atoms with Crippen LogP contribution in [0.15, 0.2) is 33.6 Å². The molecule has 0 unspecified atom stereocenters. The Bertz CT molecular complexity index is 782. The molecule has 1 aromatic rings. The van der Waals surface area contributed by atoms with Crippen LogP contribution in [0.1, 0.15) is 57.9 Å². The molecule has 1 heterocycles. The second kappa shape index (κ2) is 8.13. The van der Waals surface area contributed by atoms with E-state index in [-0.39, 0.29) is 22.1 Å². The Morgan fingerprint density at radius 3 is 2.35 bits per heavy atom. The van der Waals surface area contributed by atoms with E-state index < -0.39 is 10.0 Å². The van der Waals surface area contributed by atoms with Gasteiger partial charge >= 0.3 is 0 Å². The minimum Gasteiger partial charge on any atom is -0.287 e. The summed E-state index contributed by atoms with van der Waals surface area (Å²) in [6, 6.07) is 6.91. The standard InChI is InChI=1S/C19H26N2O3S2/c1-3-14-10-12-16(13-11-14)26(23,24)20-19-21(15-8-6-5-7-9-15)18(22)17(4-2)25-19/h10-13,15,17H,3-9H2,1-2H3/t17-/m1/s1. The Morgan fingerprint density at radius 1 is 1.12 bits per heavy atom. The van der Waals surface area contributed by atoms with Crippen LogP contribution >= 0.6 is 11.8 Å². The number of hydrogen-bond acceptors (Lipinski definition) is 4. The molecule has 0 aromatic heterocycles. The van der Waals surface area contributed by atoms with E-state index in [9.17, 15) is 13.2 Å². The Labute approximate surface area is 160 Å². The van der Waals surface area contributed by atoms with Gasteiger partial charge in [0.1, 0.15) is 0 Å². The van der Waals surface area contributed by atoms with Gasteiger partial charge in [-0.15, -0.1) is 4.40 Å². The number of benzene rings is 1. The molecule has 1 aromatic carbocycles. The normalized spacial score (nSPS) is 23.8. The van der Waals surface area contributed by atoms with Crippen LogP contribution in [-0.4, -0.2) is 35.7 Å². The van der Waals surface area contributed by atoms with Gasteiger partial charge in [0, 0.05) is 6.04 Å². The molecule has 142 valence electrons. The predicted octanol–water partition coefficient (Wildman–Crippen LogP) is 3.98. The van der Waals surface area contributed by atoms with Crippen molar-refractivity contribution in [3.8, 4) is 0 Å². The van der Waals surface area contributed by atoms with Crippen molar-refractivity contribution in [2.75, 3.05) is 0 Å². The Morgan fingerprint density at radius 2 is 1.77 bits per heavy atom. The van der Waals surface area contributed by atoms with Gasteiger partial charge in [-0.1, -0.05) is 57.0 Å². The molecule has 0 bridgehead atoms. The summed E-state index contributed by atoms with van der Waals surface area (Å²) < 4.78 is 29.7. The largest absolute Gasteiger partial charge is 0.287 e. The lowest BCUT2D eigenvalue weighted by atomic mass is 9.94. The number of sulfonamides is 1. The molecule has 0 N–H and O–H groups in total. The zero-order valence-corrected chi connectivity index (χ0v) is 17.0. The lowest BCUT2D eigenvalue weighted by molar-refractivity contribution is -0.128. The summed E-state index contributed by atoms with van der Waals surface area (Å²) >= 11 is 1.30. The smallest absolute Gasteiger partial charge is 0.284 e. The van der Waals surface area contributed by atoms with Crippen molar-refractivity contribution in [3.63, 3.8) is 0 Å². The van der Waals surface area contributed by atoms with Crippen LogP contribution in [0, 0.1) is 0 Å². The predicted molar refractivity (Wildman–Crippen MR) is 106 cm³/mol. The number of thioether (sulfide) groups is 1. The van der Waals surface area contributed by atoms with Crippen LogP contribution in [0.2, 0.25) is 0 Å². The molecule has 0 spiro atoms. The molecule has 0 radical (unpaired) electrons. The quantitative estimate of drug-likeness (QED) is 0.757. The van der Waals surface area contributed by atoms with Crippen molar-refractivity contribution < 1.29 is 13.2 Å². The lowest BCUT2D eigenvalue weighted by Crippen LogP contribution is -2.42.